The average molecular weight is 459 g/mol. The van der Waals surface area contributed by atoms with E-state index in [9.17, 15) is 4.79 Å². The highest BCUT2D eigenvalue weighted by atomic mass is 32.2. The van der Waals surface area contributed by atoms with Gasteiger partial charge in [0.15, 0.2) is 16.8 Å². The number of thioether (sulfide) groups is 1. The van der Waals surface area contributed by atoms with Crippen molar-refractivity contribution in [2.24, 2.45) is 0 Å². The van der Waals surface area contributed by atoms with Crippen LogP contribution in [0.2, 0.25) is 0 Å². The molecule has 0 unspecified atom stereocenters. The molecule has 2 aromatic heterocycles. The highest BCUT2D eigenvalue weighted by Gasteiger charge is 2.20. The maximum atomic E-state index is 11.9. The third-order valence-electron chi connectivity index (χ3n) is 5.40. The Balaban J connectivity index is 1.79. The third-order valence-corrected chi connectivity index (χ3v) is 6.37. The zero-order chi connectivity index (χ0) is 23.4. The van der Waals surface area contributed by atoms with Gasteiger partial charge < -0.3 is 4.74 Å². The monoisotopic (exact) mass is 458 g/mol. The zero-order valence-electron chi connectivity index (χ0n) is 19.1. The summed E-state index contributed by atoms with van der Waals surface area (Å²) in [5, 5.41) is 9.83. The van der Waals surface area contributed by atoms with Crippen LogP contribution >= 0.6 is 11.8 Å². The molecule has 0 saturated heterocycles. The minimum Gasteiger partial charge on any atom is -0.496 e. The molecule has 2 heterocycles. The first-order valence-corrected chi connectivity index (χ1v) is 11.7. The van der Waals surface area contributed by atoms with Crippen LogP contribution in [0.4, 0.5) is 0 Å². The van der Waals surface area contributed by atoms with Crippen LogP contribution in [0.15, 0.2) is 72.1 Å². The van der Waals surface area contributed by atoms with Crippen molar-refractivity contribution >= 4 is 17.5 Å². The lowest BCUT2D eigenvalue weighted by molar-refractivity contribution is 0.101. The number of methoxy groups -OCH3 is 1. The van der Waals surface area contributed by atoms with Crippen molar-refractivity contribution < 1.29 is 9.53 Å². The van der Waals surface area contributed by atoms with Gasteiger partial charge in [-0.3, -0.25) is 14.3 Å². The molecule has 0 N–H and O–H groups in total. The first kappa shape index (κ1) is 22.7. The van der Waals surface area contributed by atoms with Crippen LogP contribution in [0.3, 0.4) is 0 Å². The Morgan fingerprint density at radius 2 is 1.91 bits per heavy atom. The fraction of sp³-hybridized carbons (Fsp3) is 0.231. The molecule has 0 fully saturated rings. The van der Waals surface area contributed by atoms with Crippen molar-refractivity contribution in [2.45, 2.75) is 37.6 Å². The van der Waals surface area contributed by atoms with Gasteiger partial charge in [-0.1, -0.05) is 43.8 Å². The van der Waals surface area contributed by atoms with Crippen LogP contribution < -0.4 is 4.74 Å². The number of para-hydroxylation sites is 1. The molecule has 6 nitrogen and oxygen atoms in total. The van der Waals surface area contributed by atoms with Crippen LogP contribution in [0.25, 0.3) is 17.1 Å². The van der Waals surface area contributed by atoms with Gasteiger partial charge in [-0.2, -0.15) is 0 Å². The van der Waals surface area contributed by atoms with Crippen LogP contribution in [-0.4, -0.2) is 32.6 Å². The molecule has 168 valence electrons. The molecule has 0 atom stereocenters. The summed E-state index contributed by atoms with van der Waals surface area (Å²) in [7, 11) is 1.64. The number of Topliss-reactive ketones (excluding diaryl/α,β-unsaturated/α-hetero) is 1. The molecular weight excluding hydrogens is 432 g/mol. The van der Waals surface area contributed by atoms with E-state index in [1.54, 1.807) is 44.3 Å². The second-order valence-electron chi connectivity index (χ2n) is 7.97. The lowest BCUT2D eigenvalue weighted by atomic mass is 10.0. The first-order valence-electron chi connectivity index (χ1n) is 10.8. The van der Waals surface area contributed by atoms with Gasteiger partial charge in [-0.25, -0.2) is 0 Å². The lowest BCUT2D eigenvalue weighted by Crippen LogP contribution is -2.05. The number of carbonyl (C=O) groups excluding carboxylic acids is 1. The second kappa shape index (κ2) is 10.0. The minimum absolute atomic E-state index is 0.0248. The Bertz CT molecular complexity index is 1270. The number of nitrogens with zero attached hydrogens (tertiary/aromatic N) is 4. The van der Waals surface area contributed by atoms with E-state index < -0.39 is 0 Å². The Morgan fingerprint density at radius 1 is 1.09 bits per heavy atom. The summed E-state index contributed by atoms with van der Waals surface area (Å²) in [4.78, 5) is 16.2. The SMILES string of the molecule is COc1ccc(C(C)=O)cc1CSc1nnc(-c2cccnc2)n1-c1ccccc1C(C)C. The van der Waals surface area contributed by atoms with Crippen LogP contribution in [-0.2, 0) is 5.75 Å². The highest BCUT2D eigenvalue weighted by molar-refractivity contribution is 7.98. The van der Waals surface area contributed by atoms with E-state index in [0.717, 1.165) is 33.5 Å². The number of carbonyl (C=O) groups is 1. The molecule has 4 aromatic rings. The summed E-state index contributed by atoms with van der Waals surface area (Å²) < 4.78 is 7.63. The smallest absolute Gasteiger partial charge is 0.196 e. The standard InChI is InChI=1S/C26H26N4O2S/c1-17(2)22-9-5-6-10-23(22)30-25(20-8-7-13-27-15-20)28-29-26(30)33-16-21-14-19(18(3)31)11-12-24(21)32-4/h5-15,17H,16H2,1-4H3. The van der Waals surface area contributed by atoms with Crippen molar-refractivity contribution in [1.29, 1.82) is 0 Å². The Kier molecular flexibility index (Phi) is 6.89. The molecule has 0 aliphatic rings. The molecule has 0 saturated carbocycles. The van der Waals surface area contributed by atoms with Gasteiger partial charge in [0.25, 0.3) is 0 Å². The number of pyridine rings is 1. The van der Waals surface area contributed by atoms with Gasteiger partial charge in [0.05, 0.1) is 12.8 Å². The summed E-state index contributed by atoms with van der Waals surface area (Å²) in [6.45, 7) is 5.92. The summed E-state index contributed by atoms with van der Waals surface area (Å²) in [6, 6.07) is 17.7. The molecule has 0 amide bonds. The third kappa shape index (κ3) is 4.83. The summed E-state index contributed by atoms with van der Waals surface area (Å²) in [6.07, 6.45) is 3.54. The molecule has 0 aliphatic carbocycles. The van der Waals surface area contributed by atoms with Crippen LogP contribution in [0, 0.1) is 0 Å². The topological polar surface area (TPSA) is 69.9 Å². The summed E-state index contributed by atoms with van der Waals surface area (Å²) >= 11 is 1.56. The molecule has 7 heteroatoms. The van der Waals surface area contributed by atoms with E-state index in [1.165, 1.54) is 5.56 Å². The Hall–Kier alpha value is -3.45. The van der Waals surface area contributed by atoms with Crippen LogP contribution in [0.1, 0.15) is 48.2 Å². The van der Waals surface area contributed by atoms with Crippen molar-refractivity contribution in [1.82, 2.24) is 19.7 Å². The van der Waals surface area contributed by atoms with Gasteiger partial charge in [0, 0.05) is 34.8 Å². The molecular formula is C26H26N4O2S. The van der Waals surface area contributed by atoms with Gasteiger partial charge in [-0.15, -0.1) is 10.2 Å². The van der Waals surface area contributed by atoms with Crippen molar-refractivity contribution in [2.75, 3.05) is 7.11 Å². The maximum absolute atomic E-state index is 11.9. The van der Waals surface area contributed by atoms with E-state index in [0.29, 0.717) is 17.2 Å². The average Bonchev–Trinajstić information content (AvgIpc) is 3.26. The van der Waals surface area contributed by atoms with E-state index in [2.05, 4.69) is 51.8 Å². The Labute approximate surface area is 198 Å². The normalized spacial score (nSPS) is 11.1. The van der Waals surface area contributed by atoms with Crippen molar-refractivity contribution in [3.05, 3.63) is 83.7 Å². The molecule has 2 aromatic carbocycles. The van der Waals surface area contributed by atoms with E-state index >= 15 is 0 Å². The van der Waals surface area contributed by atoms with Crippen molar-refractivity contribution in [3.63, 3.8) is 0 Å². The van der Waals surface area contributed by atoms with Crippen molar-refractivity contribution in [3.8, 4) is 22.8 Å². The summed E-state index contributed by atoms with van der Waals surface area (Å²) in [5.74, 6) is 2.42. The molecule has 0 spiro atoms. The number of ketones is 1. The number of aromatic nitrogens is 4. The quantitative estimate of drug-likeness (QED) is 0.240. The molecule has 4 rings (SSSR count). The largest absolute Gasteiger partial charge is 0.496 e. The predicted octanol–water partition coefficient (Wildman–Crippen LogP) is 5.96. The number of rotatable bonds is 8. The van der Waals surface area contributed by atoms with E-state index in [1.807, 2.05) is 30.3 Å². The number of hydrogen-bond donors (Lipinski definition) is 0. The van der Waals surface area contributed by atoms with E-state index in [4.69, 9.17) is 4.74 Å². The Morgan fingerprint density at radius 3 is 2.61 bits per heavy atom. The zero-order valence-corrected chi connectivity index (χ0v) is 20.0. The van der Waals surface area contributed by atoms with Gasteiger partial charge >= 0.3 is 0 Å². The molecule has 33 heavy (non-hydrogen) atoms. The fourth-order valence-corrected chi connectivity index (χ4v) is 4.62. The first-order chi connectivity index (χ1) is 16.0. The fourth-order valence-electron chi connectivity index (χ4n) is 3.69. The number of hydrogen-bond acceptors (Lipinski definition) is 6. The highest BCUT2D eigenvalue weighted by Crippen LogP contribution is 2.34. The van der Waals surface area contributed by atoms with Crippen LogP contribution in [0.5, 0.6) is 5.75 Å². The maximum Gasteiger partial charge on any atom is 0.196 e. The van der Waals surface area contributed by atoms with E-state index in [-0.39, 0.29) is 5.78 Å². The van der Waals surface area contributed by atoms with Gasteiger partial charge in [0.2, 0.25) is 0 Å². The predicted molar refractivity (Wildman–Crippen MR) is 131 cm³/mol. The summed E-state index contributed by atoms with van der Waals surface area (Å²) in [5.41, 5.74) is 4.74. The van der Waals surface area contributed by atoms with Gasteiger partial charge in [-0.05, 0) is 54.8 Å². The number of benzene rings is 2. The minimum atomic E-state index is 0.0248. The van der Waals surface area contributed by atoms with Gasteiger partial charge in [0.1, 0.15) is 5.75 Å². The molecule has 0 aliphatic heterocycles. The molecule has 0 bridgehead atoms. The molecule has 0 radical (unpaired) electrons. The number of ether oxygens (including phenoxy) is 1. The lowest BCUT2D eigenvalue weighted by Gasteiger charge is -2.17. The second-order valence-corrected chi connectivity index (χ2v) is 8.91.